The zero-order valence-electron chi connectivity index (χ0n) is 10.6. The monoisotopic (exact) mass is 307 g/mol. The second-order valence-corrected chi connectivity index (χ2v) is 6.21. The highest BCUT2D eigenvalue weighted by Gasteiger charge is 2.18. The summed E-state index contributed by atoms with van der Waals surface area (Å²) in [5.41, 5.74) is 0.939. The van der Waals surface area contributed by atoms with E-state index in [0.29, 0.717) is 16.5 Å². The fourth-order valence-electron chi connectivity index (χ4n) is 2.25. The quantitative estimate of drug-likeness (QED) is 0.788. The van der Waals surface area contributed by atoms with Gasteiger partial charge in [-0.1, -0.05) is 0 Å². The van der Waals surface area contributed by atoms with Crippen molar-refractivity contribution in [2.45, 2.75) is 0 Å². The molecule has 2 N–H and O–H groups in total. The van der Waals surface area contributed by atoms with Gasteiger partial charge in [0.15, 0.2) is 4.77 Å². The molecule has 1 saturated heterocycles. The minimum Gasteiger partial charge on any atom is -0.337 e. The third-order valence-corrected chi connectivity index (χ3v) is 4.43. The number of rotatable bonds is 1. The third-order valence-electron chi connectivity index (χ3n) is 3.28. The van der Waals surface area contributed by atoms with Gasteiger partial charge < -0.3 is 9.88 Å². The normalized spacial score (nSPS) is 15.5. The molecule has 1 aromatic heterocycles. The molecule has 2 heterocycles. The van der Waals surface area contributed by atoms with E-state index in [2.05, 4.69) is 9.97 Å². The van der Waals surface area contributed by atoms with Crippen molar-refractivity contribution in [3.63, 3.8) is 0 Å². The molecular formula is C13H13N3O2S2. The topological polar surface area (TPSA) is 69.0 Å². The molecule has 0 unspecified atom stereocenters. The number of aromatic nitrogens is 2. The number of H-pyrrole nitrogens is 2. The molecule has 7 heteroatoms. The molecule has 20 heavy (non-hydrogen) atoms. The summed E-state index contributed by atoms with van der Waals surface area (Å²) in [6.45, 7) is 1.54. The number of thioether (sulfide) groups is 1. The van der Waals surface area contributed by atoms with Crippen LogP contribution in [-0.2, 0) is 0 Å². The Bertz CT molecular complexity index is 775. The van der Waals surface area contributed by atoms with Crippen LogP contribution in [0.5, 0.6) is 0 Å². The van der Waals surface area contributed by atoms with Gasteiger partial charge in [-0.3, -0.25) is 14.6 Å². The molecule has 1 aromatic carbocycles. The van der Waals surface area contributed by atoms with Crippen molar-refractivity contribution in [2.24, 2.45) is 0 Å². The number of nitrogens with zero attached hydrogens (tertiary/aromatic N) is 1. The maximum absolute atomic E-state index is 12.4. The number of hydrogen-bond acceptors (Lipinski definition) is 4. The van der Waals surface area contributed by atoms with Crippen molar-refractivity contribution in [2.75, 3.05) is 24.6 Å². The van der Waals surface area contributed by atoms with Crippen molar-refractivity contribution in [3.05, 3.63) is 38.9 Å². The van der Waals surface area contributed by atoms with Crippen LogP contribution in [0.25, 0.3) is 10.9 Å². The maximum atomic E-state index is 12.4. The third kappa shape index (κ3) is 2.51. The van der Waals surface area contributed by atoms with Crippen molar-refractivity contribution in [1.82, 2.24) is 14.9 Å². The fraction of sp³-hybridized carbons (Fsp3) is 0.308. The summed E-state index contributed by atoms with van der Waals surface area (Å²) in [5.74, 6) is 1.95. The molecule has 0 radical (unpaired) electrons. The zero-order valence-corrected chi connectivity index (χ0v) is 12.3. The first kappa shape index (κ1) is 13.4. The van der Waals surface area contributed by atoms with Crippen LogP contribution in [0.2, 0.25) is 0 Å². The molecule has 1 aliphatic heterocycles. The molecule has 104 valence electrons. The molecule has 3 rings (SSSR count). The highest BCUT2D eigenvalue weighted by atomic mass is 32.2. The highest BCUT2D eigenvalue weighted by Crippen LogP contribution is 2.15. The smallest absolute Gasteiger partial charge is 0.259 e. The van der Waals surface area contributed by atoms with E-state index in [-0.39, 0.29) is 16.2 Å². The summed E-state index contributed by atoms with van der Waals surface area (Å²) in [6, 6.07) is 5.05. The summed E-state index contributed by atoms with van der Waals surface area (Å²) in [5, 5.41) is 0.504. The predicted molar refractivity (Wildman–Crippen MR) is 83.0 cm³/mol. The highest BCUT2D eigenvalue weighted by molar-refractivity contribution is 7.99. The van der Waals surface area contributed by atoms with Gasteiger partial charge in [0.25, 0.3) is 11.5 Å². The van der Waals surface area contributed by atoms with Gasteiger partial charge in [-0.2, -0.15) is 11.8 Å². The van der Waals surface area contributed by atoms with Gasteiger partial charge in [0.2, 0.25) is 0 Å². The Hall–Kier alpha value is -1.60. The van der Waals surface area contributed by atoms with Crippen LogP contribution in [-0.4, -0.2) is 45.4 Å². The van der Waals surface area contributed by atoms with E-state index in [1.165, 1.54) is 0 Å². The van der Waals surface area contributed by atoms with E-state index in [1.807, 2.05) is 16.7 Å². The molecule has 0 spiro atoms. The number of fused-ring (bicyclic) bond motifs is 1. The summed E-state index contributed by atoms with van der Waals surface area (Å²) >= 11 is 6.81. The minimum atomic E-state index is -0.239. The first-order chi connectivity index (χ1) is 9.65. The van der Waals surface area contributed by atoms with Crippen molar-refractivity contribution in [3.8, 4) is 0 Å². The Morgan fingerprint density at radius 2 is 2.00 bits per heavy atom. The molecule has 0 bridgehead atoms. The molecule has 0 aliphatic carbocycles. The Balaban J connectivity index is 2.02. The van der Waals surface area contributed by atoms with Gasteiger partial charge >= 0.3 is 0 Å². The maximum Gasteiger partial charge on any atom is 0.259 e. The average molecular weight is 307 g/mol. The van der Waals surface area contributed by atoms with Crippen LogP contribution in [0.4, 0.5) is 0 Å². The Morgan fingerprint density at radius 3 is 2.75 bits per heavy atom. The average Bonchev–Trinajstić information content (AvgIpc) is 2.46. The van der Waals surface area contributed by atoms with Gasteiger partial charge in [0, 0.05) is 30.2 Å². The lowest BCUT2D eigenvalue weighted by atomic mass is 10.1. The molecule has 1 fully saturated rings. The van der Waals surface area contributed by atoms with E-state index in [4.69, 9.17) is 12.2 Å². The van der Waals surface area contributed by atoms with E-state index >= 15 is 0 Å². The molecule has 5 nitrogen and oxygen atoms in total. The van der Waals surface area contributed by atoms with Gasteiger partial charge in [-0.05, 0) is 30.4 Å². The first-order valence-electron chi connectivity index (χ1n) is 6.28. The van der Waals surface area contributed by atoms with Gasteiger partial charge in [-0.15, -0.1) is 0 Å². The van der Waals surface area contributed by atoms with Gasteiger partial charge in [-0.25, -0.2) is 0 Å². The molecule has 0 atom stereocenters. The van der Waals surface area contributed by atoms with Crippen molar-refractivity contribution in [1.29, 1.82) is 0 Å². The van der Waals surface area contributed by atoms with E-state index in [1.54, 1.807) is 18.2 Å². The lowest BCUT2D eigenvalue weighted by molar-refractivity contribution is 0.0772. The molecule has 2 aromatic rings. The number of benzene rings is 1. The summed E-state index contributed by atoms with van der Waals surface area (Å²) in [6.07, 6.45) is 0. The largest absolute Gasteiger partial charge is 0.337 e. The Morgan fingerprint density at radius 1 is 1.25 bits per heavy atom. The standard InChI is InChI=1S/C13H13N3O2S2/c17-11-9-2-1-8(7-10(9)14-13(19)15-11)12(18)16-3-5-20-6-4-16/h1-2,7H,3-6H2,(H2,14,15,17,19). The number of aromatic amines is 2. The lowest BCUT2D eigenvalue weighted by Crippen LogP contribution is -2.37. The second-order valence-electron chi connectivity index (χ2n) is 4.57. The Kier molecular flexibility index (Phi) is 3.62. The van der Waals surface area contributed by atoms with E-state index < -0.39 is 0 Å². The molecule has 1 aliphatic rings. The first-order valence-corrected chi connectivity index (χ1v) is 7.85. The van der Waals surface area contributed by atoms with Crippen LogP contribution in [0.15, 0.2) is 23.0 Å². The van der Waals surface area contributed by atoms with Crippen LogP contribution in [0.1, 0.15) is 10.4 Å². The van der Waals surface area contributed by atoms with Gasteiger partial charge in [0.05, 0.1) is 10.9 Å². The summed E-state index contributed by atoms with van der Waals surface area (Å²) in [4.78, 5) is 31.4. The second kappa shape index (κ2) is 5.41. The SMILES string of the molecule is O=C(c1ccc2c(=O)[nH]c(=S)[nH]c2c1)N1CCSCC1. The van der Waals surface area contributed by atoms with Crippen LogP contribution >= 0.6 is 24.0 Å². The number of amides is 1. The summed E-state index contributed by atoms with van der Waals surface area (Å²) < 4.78 is 0.265. The minimum absolute atomic E-state index is 0.00630. The lowest BCUT2D eigenvalue weighted by Gasteiger charge is -2.26. The zero-order chi connectivity index (χ0) is 14.1. The van der Waals surface area contributed by atoms with Gasteiger partial charge in [0.1, 0.15) is 0 Å². The van der Waals surface area contributed by atoms with Crippen molar-refractivity contribution >= 4 is 40.8 Å². The fourth-order valence-corrected chi connectivity index (χ4v) is 3.36. The molecule has 0 saturated carbocycles. The number of hydrogen-bond donors (Lipinski definition) is 2. The van der Waals surface area contributed by atoms with Crippen LogP contribution in [0, 0.1) is 4.77 Å². The Labute approximate surface area is 124 Å². The van der Waals surface area contributed by atoms with Crippen molar-refractivity contribution < 1.29 is 4.79 Å². The molecular weight excluding hydrogens is 294 g/mol. The van der Waals surface area contributed by atoms with Crippen LogP contribution < -0.4 is 5.56 Å². The van der Waals surface area contributed by atoms with E-state index in [9.17, 15) is 9.59 Å². The number of carbonyl (C=O) groups excluding carboxylic acids is 1. The van der Waals surface area contributed by atoms with Crippen LogP contribution in [0.3, 0.4) is 0 Å². The predicted octanol–water partition coefficient (Wildman–Crippen LogP) is 1.77. The number of carbonyl (C=O) groups is 1. The summed E-state index contributed by atoms with van der Waals surface area (Å²) in [7, 11) is 0. The number of nitrogens with one attached hydrogen (secondary N) is 2. The van der Waals surface area contributed by atoms with E-state index in [0.717, 1.165) is 24.6 Å². The molecule has 1 amide bonds.